The lowest BCUT2D eigenvalue weighted by molar-refractivity contribution is -0.253. The van der Waals surface area contributed by atoms with Crippen LogP contribution in [0.3, 0.4) is 0 Å². The average Bonchev–Trinajstić information content (AvgIpc) is 3.40. The first-order chi connectivity index (χ1) is 25.1. The number of para-hydroxylation sites is 2. The van der Waals surface area contributed by atoms with E-state index in [1.54, 1.807) is 0 Å². The van der Waals surface area contributed by atoms with Crippen LogP contribution >= 0.6 is 0 Å². The van der Waals surface area contributed by atoms with Gasteiger partial charge in [-0.25, -0.2) is 4.98 Å². The van der Waals surface area contributed by atoms with E-state index in [2.05, 4.69) is 89.5 Å². The molecule has 2 aliphatic heterocycles. The third kappa shape index (κ3) is 7.53. The molecule has 2 saturated heterocycles. The molecule has 1 saturated carbocycles. The number of carbonyl (C=O) groups excluding carboxylic acids is 1. The minimum absolute atomic E-state index is 0.0238. The molecule has 3 fully saturated rings. The number of nitrogens with one attached hydrogen (secondary N) is 1. The monoisotopic (exact) mass is 696 g/mol. The molecule has 0 radical (unpaired) electrons. The van der Waals surface area contributed by atoms with Crippen LogP contribution in [0.2, 0.25) is 0 Å². The van der Waals surface area contributed by atoms with Crippen molar-refractivity contribution in [2.45, 2.75) is 84.1 Å². The van der Waals surface area contributed by atoms with E-state index in [4.69, 9.17) is 9.47 Å². The SMILES string of the molecule is CC1(C)CC2CC(C)(CN2CC2CC(c3ccc(CO)cc3)OC(c3ccc(-c4cccc(CNC(=O)c5cnc6ccccc6n5)c4)cc3)O2)C1. The van der Waals surface area contributed by atoms with E-state index >= 15 is 0 Å². The second-order valence-corrected chi connectivity index (χ2v) is 16.2. The van der Waals surface area contributed by atoms with Crippen LogP contribution in [-0.4, -0.2) is 51.1 Å². The van der Waals surface area contributed by atoms with E-state index in [0.29, 0.717) is 34.6 Å². The van der Waals surface area contributed by atoms with E-state index in [1.807, 2.05) is 48.5 Å². The van der Waals surface area contributed by atoms with Gasteiger partial charge in [0, 0.05) is 37.7 Å². The molecule has 8 rings (SSSR count). The number of rotatable bonds is 9. The van der Waals surface area contributed by atoms with E-state index in [0.717, 1.165) is 58.4 Å². The molecule has 3 aliphatic rings. The summed E-state index contributed by atoms with van der Waals surface area (Å²) in [6.45, 7) is 9.74. The maximum atomic E-state index is 12.9. The zero-order chi connectivity index (χ0) is 35.9. The Labute approximate surface area is 306 Å². The molecule has 0 spiro atoms. The normalized spacial score (nSPS) is 25.6. The van der Waals surface area contributed by atoms with E-state index in [1.165, 1.54) is 25.5 Å². The number of ether oxygens (including phenoxy) is 2. The van der Waals surface area contributed by atoms with Crippen molar-refractivity contribution < 1.29 is 19.4 Å². The summed E-state index contributed by atoms with van der Waals surface area (Å²) in [5.74, 6) is -0.257. The average molecular weight is 697 g/mol. The number of benzene rings is 4. The van der Waals surface area contributed by atoms with Crippen LogP contribution in [0, 0.1) is 10.8 Å². The Hall–Kier alpha value is -4.47. The predicted molar refractivity (Wildman–Crippen MR) is 202 cm³/mol. The standard InChI is InChI=1S/C44H48N4O4/c1-43(2)21-35-22-44(3,27-43)28-48(35)25-36-20-40(32-13-11-29(26-49)12-14-32)52-42(51-36)33-17-15-31(16-18-33)34-8-6-7-30(19-34)23-46-41(50)39-24-45-37-9-4-5-10-38(37)47-39/h4-19,24,35-36,40,42,49H,20-23,25-28H2,1-3H3,(H,46,50). The van der Waals surface area contributed by atoms with Gasteiger partial charge in [-0.2, -0.15) is 0 Å². The van der Waals surface area contributed by atoms with Crippen LogP contribution in [0.4, 0.5) is 0 Å². The topological polar surface area (TPSA) is 96.8 Å². The fourth-order valence-corrected chi connectivity index (χ4v) is 9.12. The van der Waals surface area contributed by atoms with Gasteiger partial charge in [-0.05, 0) is 76.1 Å². The summed E-state index contributed by atoms with van der Waals surface area (Å²) in [5.41, 5.74) is 8.59. The van der Waals surface area contributed by atoms with Gasteiger partial charge in [-0.1, -0.05) is 99.6 Å². The summed E-state index contributed by atoms with van der Waals surface area (Å²) in [4.78, 5) is 24.4. The molecule has 268 valence electrons. The number of aromatic nitrogens is 2. The van der Waals surface area contributed by atoms with Crippen LogP contribution < -0.4 is 5.32 Å². The first kappa shape index (κ1) is 34.6. The zero-order valence-corrected chi connectivity index (χ0v) is 30.3. The summed E-state index contributed by atoms with van der Waals surface area (Å²) in [6, 6.07) is 32.9. The van der Waals surface area contributed by atoms with E-state index < -0.39 is 6.29 Å². The minimum Gasteiger partial charge on any atom is -0.392 e. The Morgan fingerprint density at radius 1 is 0.865 bits per heavy atom. The molecule has 1 aromatic heterocycles. The molecular formula is C44H48N4O4. The molecular weight excluding hydrogens is 649 g/mol. The molecule has 52 heavy (non-hydrogen) atoms. The summed E-state index contributed by atoms with van der Waals surface area (Å²) < 4.78 is 13.5. The van der Waals surface area contributed by atoms with Crippen molar-refractivity contribution in [3.05, 3.63) is 131 Å². The van der Waals surface area contributed by atoms with Crippen molar-refractivity contribution in [2.24, 2.45) is 10.8 Å². The third-order valence-electron chi connectivity index (χ3n) is 11.2. The number of amides is 1. The van der Waals surface area contributed by atoms with Crippen LogP contribution in [0.5, 0.6) is 0 Å². The van der Waals surface area contributed by atoms with Gasteiger partial charge in [0.1, 0.15) is 5.69 Å². The minimum atomic E-state index is -0.496. The first-order valence-corrected chi connectivity index (χ1v) is 18.6. The van der Waals surface area contributed by atoms with Gasteiger partial charge < -0.3 is 19.9 Å². The van der Waals surface area contributed by atoms with Gasteiger partial charge in [-0.3, -0.25) is 14.7 Å². The highest BCUT2D eigenvalue weighted by molar-refractivity contribution is 5.93. The second kappa shape index (κ2) is 14.2. The summed E-state index contributed by atoms with van der Waals surface area (Å²) in [7, 11) is 0. The lowest BCUT2D eigenvalue weighted by Crippen LogP contribution is -2.42. The van der Waals surface area contributed by atoms with Gasteiger partial charge in [0.05, 0.1) is 36.0 Å². The number of aliphatic hydroxyl groups excluding tert-OH is 1. The molecule has 5 aromatic rings. The lowest BCUT2D eigenvalue weighted by Gasteiger charge is -2.41. The Morgan fingerprint density at radius 2 is 1.63 bits per heavy atom. The van der Waals surface area contributed by atoms with Crippen molar-refractivity contribution in [1.29, 1.82) is 0 Å². The highest BCUT2D eigenvalue weighted by atomic mass is 16.7. The first-order valence-electron chi connectivity index (χ1n) is 18.6. The van der Waals surface area contributed by atoms with Crippen molar-refractivity contribution >= 4 is 16.9 Å². The molecule has 2 N–H and O–H groups in total. The number of carbonyl (C=O) groups is 1. The Bertz CT molecular complexity index is 2050. The van der Waals surface area contributed by atoms with E-state index in [9.17, 15) is 9.90 Å². The summed E-state index contributed by atoms with van der Waals surface area (Å²) >= 11 is 0. The van der Waals surface area contributed by atoms with Crippen LogP contribution in [-0.2, 0) is 22.6 Å². The number of hydrogen-bond donors (Lipinski definition) is 2. The quantitative estimate of drug-likeness (QED) is 0.161. The Kier molecular flexibility index (Phi) is 9.42. The second-order valence-electron chi connectivity index (χ2n) is 16.2. The molecule has 8 heteroatoms. The number of fused-ring (bicyclic) bond motifs is 3. The van der Waals surface area contributed by atoms with Crippen molar-refractivity contribution in [3.8, 4) is 11.1 Å². The van der Waals surface area contributed by atoms with Crippen LogP contribution in [0.15, 0.2) is 103 Å². The number of aliphatic hydroxyl groups is 1. The lowest BCUT2D eigenvalue weighted by atomic mass is 9.65. The zero-order valence-electron chi connectivity index (χ0n) is 30.3. The largest absolute Gasteiger partial charge is 0.392 e. The van der Waals surface area contributed by atoms with Crippen LogP contribution in [0.1, 0.15) is 91.6 Å². The highest BCUT2D eigenvalue weighted by Crippen LogP contribution is 2.53. The molecule has 8 nitrogen and oxygen atoms in total. The van der Waals surface area contributed by atoms with Gasteiger partial charge in [0.25, 0.3) is 5.91 Å². The number of nitrogens with zero attached hydrogens (tertiary/aromatic N) is 3. The maximum Gasteiger partial charge on any atom is 0.271 e. The molecule has 4 aromatic carbocycles. The predicted octanol–water partition coefficient (Wildman–Crippen LogP) is 8.17. The summed E-state index contributed by atoms with van der Waals surface area (Å²) in [6.07, 6.45) is 5.49. The van der Waals surface area contributed by atoms with Crippen molar-refractivity contribution in [2.75, 3.05) is 13.1 Å². The fourth-order valence-electron chi connectivity index (χ4n) is 9.12. The molecule has 1 amide bonds. The summed E-state index contributed by atoms with van der Waals surface area (Å²) in [5, 5.41) is 12.6. The molecule has 1 aliphatic carbocycles. The number of hydrogen-bond acceptors (Lipinski definition) is 7. The van der Waals surface area contributed by atoms with Gasteiger partial charge in [0.2, 0.25) is 0 Å². The molecule has 2 bridgehead atoms. The smallest absolute Gasteiger partial charge is 0.271 e. The fraction of sp³-hybridized carbons (Fsp3) is 0.386. The van der Waals surface area contributed by atoms with Crippen LogP contribution in [0.25, 0.3) is 22.2 Å². The van der Waals surface area contributed by atoms with Gasteiger partial charge in [0.15, 0.2) is 6.29 Å². The maximum absolute atomic E-state index is 12.9. The molecule has 5 unspecified atom stereocenters. The Morgan fingerprint density at radius 3 is 2.42 bits per heavy atom. The molecule has 5 atom stereocenters. The van der Waals surface area contributed by atoms with E-state index in [-0.39, 0.29) is 24.7 Å². The third-order valence-corrected chi connectivity index (χ3v) is 11.2. The molecule has 3 heterocycles. The number of likely N-dealkylation sites (tertiary alicyclic amines) is 1. The highest BCUT2D eigenvalue weighted by Gasteiger charge is 2.50. The van der Waals surface area contributed by atoms with Crippen molar-refractivity contribution in [1.82, 2.24) is 20.2 Å². The Balaban J connectivity index is 0.966. The van der Waals surface area contributed by atoms with Gasteiger partial charge >= 0.3 is 0 Å². The van der Waals surface area contributed by atoms with Gasteiger partial charge in [-0.15, -0.1) is 0 Å². The van der Waals surface area contributed by atoms with Crippen molar-refractivity contribution in [3.63, 3.8) is 0 Å².